The van der Waals surface area contributed by atoms with E-state index in [1.54, 1.807) is 83.2 Å². The highest BCUT2D eigenvalue weighted by atomic mass is 35.5. The van der Waals surface area contributed by atoms with Gasteiger partial charge in [0.15, 0.2) is 17.7 Å². The van der Waals surface area contributed by atoms with Crippen molar-refractivity contribution in [2.45, 2.75) is 84.4 Å². The Bertz CT molecular complexity index is 1820. The van der Waals surface area contributed by atoms with E-state index in [0.717, 1.165) is 0 Å². The van der Waals surface area contributed by atoms with E-state index < -0.39 is 76.9 Å². The van der Waals surface area contributed by atoms with Crippen LogP contribution in [0.25, 0.3) is 0 Å². The first-order valence-corrected chi connectivity index (χ1v) is 17.2. The van der Waals surface area contributed by atoms with Gasteiger partial charge in [-0.25, -0.2) is 0 Å². The molecule has 1 aromatic carbocycles. The van der Waals surface area contributed by atoms with Gasteiger partial charge in [0.25, 0.3) is 5.91 Å². The predicted molar refractivity (Wildman–Crippen MR) is 187 cm³/mol. The number of ketones is 3. The lowest BCUT2D eigenvalue weighted by Gasteiger charge is -2.50. The van der Waals surface area contributed by atoms with Gasteiger partial charge >= 0.3 is 0 Å². The predicted octanol–water partition coefficient (Wildman–Crippen LogP) is 4.79. The first kappa shape index (κ1) is 37.3. The highest BCUT2D eigenvalue weighted by Gasteiger charge is 2.58. The van der Waals surface area contributed by atoms with Crippen molar-refractivity contribution in [3.8, 4) is 5.75 Å². The van der Waals surface area contributed by atoms with Crippen LogP contribution >= 0.6 is 11.6 Å². The van der Waals surface area contributed by atoms with Crippen molar-refractivity contribution < 1.29 is 44.3 Å². The number of amides is 1. The third-order valence-corrected chi connectivity index (χ3v) is 10.6. The summed E-state index contributed by atoms with van der Waals surface area (Å²) >= 11 is 6.75. The number of halogens is 1. The Morgan fingerprint density at radius 1 is 0.840 bits per heavy atom. The van der Waals surface area contributed by atoms with Gasteiger partial charge < -0.3 is 30.5 Å². The number of rotatable bonds is 0. The van der Waals surface area contributed by atoms with E-state index in [0.29, 0.717) is 5.57 Å². The number of hydrogen-bond donors (Lipinski definition) is 5. The van der Waals surface area contributed by atoms with Crippen molar-refractivity contribution in [1.29, 1.82) is 0 Å². The molecule has 2 aliphatic heterocycles. The first-order chi connectivity index (χ1) is 23.5. The quantitative estimate of drug-likeness (QED) is 0.238. The Kier molecular flexibility index (Phi) is 10.7. The maximum absolute atomic E-state index is 14.2. The zero-order valence-electron chi connectivity index (χ0n) is 28.9. The van der Waals surface area contributed by atoms with Crippen LogP contribution in [0.3, 0.4) is 0 Å². The second kappa shape index (κ2) is 14.4. The fourth-order valence-electron chi connectivity index (χ4n) is 7.02. The molecule has 2 heterocycles. The van der Waals surface area contributed by atoms with E-state index in [9.17, 15) is 39.6 Å². The summed E-state index contributed by atoms with van der Waals surface area (Å²) < 4.78 is 6.50. The van der Waals surface area contributed by atoms with Gasteiger partial charge in [0.05, 0.1) is 29.6 Å². The Hall–Kier alpha value is -3.93. The molecule has 4 aliphatic rings. The summed E-state index contributed by atoms with van der Waals surface area (Å²) in [6.45, 7) is 9.97. The van der Waals surface area contributed by atoms with Gasteiger partial charge in [-0.3, -0.25) is 19.2 Å². The van der Waals surface area contributed by atoms with E-state index in [-0.39, 0.29) is 57.2 Å². The molecule has 9 atom stereocenters. The number of Topliss-reactive ketones (excluding diaryl/α,β-unsaturated/α-hetero) is 3. The number of fused-ring (bicyclic) bond motifs is 1. The molecular weight excluding hydrogens is 662 g/mol. The average Bonchev–Trinajstić information content (AvgIpc) is 3.08. The number of aliphatic hydroxyl groups excluding tert-OH is 3. The number of allylic oxidation sites excluding steroid dienone is 3. The van der Waals surface area contributed by atoms with Crippen LogP contribution in [0.1, 0.15) is 79.3 Å². The Morgan fingerprint density at radius 2 is 1.50 bits per heavy atom. The van der Waals surface area contributed by atoms with Crippen molar-refractivity contribution >= 4 is 34.9 Å². The monoisotopic (exact) mass is 705 g/mol. The van der Waals surface area contributed by atoms with E-state index >= 15 is 0 Å². The van der Waals surface area contributed by atoms with Crippen LogP contribution in [0.5, 0.6) is 5.75 Å². The summed E-state index contributed by atoms with van der Waals surface area (Å²) in [4.78, 5) is 54.3. The molecule has 0 aromatic heterocycles. The zero-order valence-corrected chi connectivity index (χ0v) is 29.7. The minimum atomic E-state index is -1.60. The number of phenols is 1. The molecule has 1 fully saturated rings. The molecule has 1 amide bonds. The number of carbonyl (C=O) groups is 4. The number of benzene rings is 1. The summed E-state index contributed by atoms with van der Waals surface area (Å²) in [5.41, 5.74) is -0.983. The molecular formula is C39H44ClNO9. The Morgan fingerprint density at radius 3 is 2.20 bits per heavy atom. The molecule has 0 saturated carbocycles. The fraction of sp³-hybridized carbons (Fsp3) is 0.436. The van der Waals surface area contributed by atoms with Crippen molar-refractivity contribution in [2.75, 3.05) is 0 Å². The van der Waals surface area contributed by atoms with Crippen LogP contribution in [-0.2, 0) is 19.9 Å². The van der Waals surface area contributed by atoms with Gasteiger partial charge in [-0.1, -0.05) is 74.9 Å². The van der Waals surface area contributed by atoms with Crippen LogP contribution in [0.15, 0.2) is 76.6 Å². The topological polar surface area (TPSA) is 170 Å². The van der Waals surface area contributed by atoms with Gasteiger partial charge in [0.2, 0.25) is 5.78 Å². The van der Waals surface area contributed by atoms with Gasteiger partial charge in [0.1, 0.15) is 16.4 Å². The number of aryl methyl sites for hydroxylation is 1. The maximum atomic E-state index is 14.2. The number of aliphatic hydroxyl groups is 3. The average molecular weight is 706 g/mol. The number of phenolic OH excluding ortho intramolecular Hbond substituents is 1. The van der Waals surface area contributed by atoms with Gasteiger partial charge in [-0.2, -0.15) is 0 Å². The third-order valence-electron chi connectivity index (χ3n) is 10.2. The van der Waals surface area contributed by atoms with Gasteiger partial charge in [-0.05, 0) is 56.0 Å². The van der Waals surface area contributed by atoms with Crippen LogP contribution in [0, 0.1) is 30.6 Å². The minimum absolute atomic E-state index is 0.00306. The maximum Gasteiger partial charge on any atom is 0.257 e. The lowest BCUT2D eigenvalue weighted by atomic mass is 9.68. The van der Waals surface area contributed by atoms with Crippen molar-refractivity contribution in [3.05, 3.63) is 98.8 Å². The molecule has 10 nitrogen and oxygen atoms in total. The third kappa shape index (κ3) is 6.63. The Labute approximate surface area is 296 Å². The first-order valence-electron chi connectivity index (χ1n) is 16.8. The van der Waals surface area contributed by atoms with Crippen LogP contribution < -0.4 is 5.32 Å². The number of aromatic hydroxyl groups is 1. The summed E-state index contributed by atoms with van der Waals surface area (Å²) in [6.07, 6.45) is 9.11. The molecule has 0 radical (unpaired) electrons. The number of morpholine rings is 1. The smallest absolute Gasteiger partial charge is 0.257 e. The van der Waals surface area contributed by atoms with Crippen LogP contribution in [0.4, 0.5) is 0 Å². The standard InChI is InChI=1S/C39H44ClNO9/c1-18-7-10-24-11-14-29-38(49)41-37-32(40)36(48)30-26(39(24,37)50-29)16-23(6)35(47)31(30)34(46)22(5)15-21(4)33(45)20(3)9-13-25(42)12-8-19(2)28(44)17-27(18)43/h7-11,13-16,18,20-21,24-25,27,29,33,42-43,45,47H,12,17H2,1-6H3,(H,41,49). The summed E-state index contributed by atoms with van der Waals surface area (Å²) in [6, 6.07) is 1.55. The van der Waals surface area contributed by atoms with E-state index in [4.69, 9.17) is 16.3 Å². The van der Waals surface area contributed by atoms with E-state index in [1.165, 1.54) is 13.0 Å². The summed E-state index contributed by atoms with van der Waals surface area (Å²) in [7, 11) is 0. The minimum Gasteiger partial charge on any atom is -0.507 e. The number of nitrogens with one attached hydrogen (secondary N) is 1. The van der Waals surface area contributed by atoms with Gasteiger partial charge in [0, 0.05) is 41.2 Å². The molecule has 1 spiro atoms. The lowest BCUT2D eigenvalue weighted by molar-refractivity contribution is -0.155. The molecule has 266 valence electrons. The lowest BCUT2D eigenvalue weighted by Crippen LogP contribution is -2.59. The molecule has 50 heavy (non-hydrogen) atoms. The second-order valence-electron chi connectivity index (χ2n) is 13.9. The molecule has 1 aromatic rings. The van der Waals surface area contributed by atoms with Gasteiger partial charge in [-0.15, -0.1) is 0 Å². The molecule has 1 saturated heterocycles. The van der Waals surface area contributed by atoms with Crippen molar-refractivity contribution in [1.82, 2.24) is 5.32 Å². The number of carbonyl (C=O) groups excluding carboxylic acids is 4. The van der Waals surface area contributed by atoms with Crippen LogP contribution in [0.2, 0.25) is 0 Å². The molecule has 2 aliphatic carbocycles. The van der Waals surface area contributed by atoms with Crippen molar-refractivity contribution in [2.24, 2.45) is 23.7 Å². The zero-order chi connectivity index (χ0) is 36.8. The number of hydrogen-bond acceptors (Lipinski definition) is 9. The molecule has 9 unspecified atom stereocenters. The second-order valence-corrected chi connectivity index (χ2v) is 14.3. The van der Waals surface area contributed by atoms with Crippen LogP contribution in [-0.4, -0.2) is 68.1 Å². The highest BCUT2D eigenvalue weighted by molar-refractivity contribution is 6.47. The number of ether oxygens (including phenoxy) is 1. The summed E-state index contributed by atoms with van der Waals surface area (Å²) in [5, 5.41) is 46.4. The fourth-order valence-corrected chi connectivity index (χ4v) is 7.30. The van der Waals surface area contributed by atoms with E-state index in [1.807, 2.05) is 0 Å². The van der Waals surface area contributed by atoms with Crippen molar-refractivity contribution in [3.63, 3.8) is 0 Å². The molecule has 5 bridgehead atoms. The Balaban J connectivity index is 1.72. The van der Waals surface area contributed by atoms with E-state index in [2.05, 4.69) is 5.32 Å². The summed E-state index contributed by atoms with van der Waals surface area (Å²) in [5.74, 6) is -4.93. The molecule has 11 heteroatoms. The molecule has 5 rings (SSSR count). The molecule has 5 N–H and O–H groups in total. The largest absolute Gasteiger partial charge is 0.507 e. The SMILES string of the molecule is CC1=CCC(O)C=CC(C)C(O)C(C)C=C(C)C(=O)c2c(O)c(C)cc3c2C(=O)C(Cl)=C2NC(=O)C4C=CC(C=CC(C)C(O)CC1=O)C23O4. The highest BCUT2D eigenvalue weighted by Crippen LogP contribution is 2.54. The normalized spacial score (nSPS) is 34.0.